The van der Waals surface area contributed by atoms with Crippen LogP contribution in [0.1, 0.15) is 24.8 Å². The van der Waals surface area contributed by atoms with Gasteiger partial charge in [0.2, 0.25) is 23.6 Å². The van der Waals surface area contributed by atoms with Crippen molar-refractivity contribution in [2.45, 2.75) is 49.9 Å². The molecule has 1 aromatic carbocycles. The molecule has 1 aromatic rings. The first-order chi connectivity index (χ1) is 17.1. The average molecular weight is 542 g/mol. The maximum absolute atomic E-state index is 13.2. The molecule has 0 radical (unpaired) electrons. The summed E-state index contributed by atoms with van der Waals surface area (Å²) in [5, 5.41) is 17.2. The van der Waals surface area contributed by atoms with Crippen LogP contribution in [0.25, 0.3) is 0 Å². The maximum atomic E-state index is 13.2. The molecule has 4 unspecified atom stereocenters. The number of hydrogen-bond acceptors (Lipinski definition) is 8. The van der Waals surface area contributed by atoms with Crippen molar-refractivity contribution in [2.24, 2.45) is 11.5 Å². The summed E-state index contributed by atoms with van der Waals surface area (Å²) in [5.74, 6) is -2.87. The highest BCUT2D eigenvalue weighted by Gasteiger charge is 2.30. The summed E-state index contributed by atoms with van der Waals surface area (Å²) < 4.78 is 0. The zero-order valence-corrected chi connectivity index (χ0v) is 22.0. The van der Waals surface area contributed by atoms with Crippen molar-refractivity contribution in [1.82, 2.24) is 16.0 Å². The molecule has 0 bridgehead atoms. The topological polar surface area (TPSA) is 194 Å². The van der Waals surface area contributed by atoms with Crippen LogP contribution in [-0.4, -0.2) is 82.9 Å². The normalized spacial score (nSPS) is 14.1. The van der Waals surface area contributed by atoms with Crippen molar-refractivity contribution in [2.75, 3.05) is 24.0 Å². The standard InChI is InChI=1S/C23H35N5O6S2/c1-35-10-8-16(26-20(30)15(24)13-19(25)29)21(31)28-18(12-14-6-4-3-5-7-14)22(32)27-17(23(33)34)9-11-36-2/h3-7,15-18H,8-13,24H2,1-2H3,(H2,25,29)(H,26,30)(H,27,32)(H,28,31)(H,33,34). The van der Waals surface area contributed by atoms with E-state index >= 15 is 0 Å². The van der Waals surface area contributed by atoms with Crippen molar-refractivity contribution >= 4 is 53.1 Å². The number of thioether (sulfide) groups is 2. The molecule has 0 spiro atoms. The zero-order valence-electron chi connectivity index (χ0n) is 20.4. The van der Waals surface area contributed by atoms with E-state index in [1.54, 1.807) is 24.3 Å². The van der Waals surface area contributed by atoms with E-state index in [0.717, 1.165) is 5.56 Å². The van der Waals surface area contributed by atoms with Crippen LogP contribution < -0.4 is 27.4 Å². The van der Waals surface area contributed by atoms with Crippen LogP contribution >= 0.6 is 23.5 Å². The van der Waals surface area contributed by atoms with Gasteiger partial charge >= 0.3 is 5.97 Å². The fraction of sp³-hybridized carbons (Fsp3) is 0.522. The summed E-state index contributed by atoms with van der Waals surface area (Å²) >= 11 is 2.91. The molecule has 0 fully saturated rings. The SMILES string of the molecule is CSCCC(NC(=O)C(Cc1ccccc1)NC(=O)C(CCSC)NC(=O)C(N)CC(N)=O)C(=O)O. The Balaban J connectivity index is 3.08. The van der Waals surface area contributed by atoms with Crippen LogP contribution in [0, 0.1) is 0 Å². The minimum absolute atomic E-state index is 0.109. The minimum atomic E-state index is -1.22. The molecule has 0 heterocycles. The quantitative estimate of drug-likeness (QED) is 0.150. The van der Waals surface area contributed by atoms with Crippen LogP contribution in [-0.2, 0) is 30.4 Å². The molecule has 13 heteroatoms. The highest BCUT2D eigenvalue weighted by atomic mass is 32.2. The second kappa shape index (κ2) is 16.8. The Morgan fingerprint density at radius 3 is 1.86 bits per heavy atom. The van der Waals surface area contributed by atoms with Crippen LogP contribution in [0.4, 0.5) is 0 Å². The number of benzene rings is 1. The molecule has 4 amide bonds. The highest BCUT2D eigenvalue weighted by Crippen LogP contribution is 2.08. The van der Waals surface area contributed by atoms with E-state index in [1.165, 1.54) is 23.5 Å². The third-order valence-electron chi connectivity index (χ3n) is 5.14. The van der Waals surface area contributed by atoms with Gasteiger partial charge in [0.1, 0.15) is 18.1 Å². The number of amides is 4. The molecule has 1 rings (SSSR count). The zero-order chi connectivity index (χ0) is 27.1. The van der Waals surface area contributed by atoms with Crippen LogP contribution in [0.5, 0.6) is 0 Å². The average Bonchev–Trinajstić information content (AvgIpc) is 2.83. The third-order valence-corrected chi connectivity index (χ3v) is 6.43. The number of carbonyl (C=O) groups excluding carboxylic acids is 4. The van der Waals surface area contributed by atoms with Gasteiger partial charge in [-0.15, -0.1) is 0 Å². The number of aliphatic carboxylic acids is 1. The molecule has 0 aliphatic heterocycles. The number of nitrogens with one attached hydrogen (secondary N) is 3. The molecule has 36 heavy (non-hydrogen) atoms. The Kier molecular flexibility index (Phi) is 14.6. The van der Waals surface area contributed by atoms with Gasteiger partial charge in [0, 0.05) is 6.42 Å². The van der Waals surface area contributed by atoms with Gasteiger partial charge in [-0.1, -0.05) is 30.3 Å². The van der Waals surface area contributed by atoms with Gasteiger partial charge < -0.3 is 32.5 Å². The Hall–Kier alpha value is -2.77. The first-order valence-electron chi connectivity index (χ1n) is 11.3. The largest absolute Gasteiger partial charge is 0.480 e. The van der Waals surface area contributed by atoms with E-state index in [9.17, 15) is 29.1 Å². The Labute approximate surface area is 219 Å². The lowest BCUT2D eigenvalue weighted by Gasteiger charge is -2.25. The van der Waals surface area contributed by atoms with Crippen molar-refractivity contribution < 1.29 is 29.1 Å². The lowest BCUT2D eigenvalue weighted by molar-refractivity contribution is -0.142. The molecular formula is C23H35N5O6S2. The van der Waals surface area contributed by atoms with Crippen molar-refractivity contribution in [3.63, 3.8) is 0 Å². The van der Waals surface area contributed by atoms with Crippen molar-refractivity contribution in [3.8, 4) is 0 Å². The van der Waals surface area contributed by atoms with Gasteiger partial charge in [0.15, 0.2) is 0 Å². The van der Waals surface area contributed by atoms with E-state index in [-0.39, 0.29) is 25.7 Å². The smallest absolute Gasteiger partial charge is 0.326 e. The molecule has 11 nitrogen and oxygen atoms in total. The van der Waals surface area contributed by atoms with Gasteiger partial charge in [-0.25, -0.2) is 4.79 Å². The van der Waals surface area contributed by atoms with E-state index in [1.807, 2.05) is 18.6 Å². The van der Waals surface area contributed by atoms with Gasteiger partial charge in [0.25, 0.3) is 0 Å². The number of primary amides is 1. The lowest BCUT2D eigenvalue weighted by Crippen LogP contribution is -2.58. The molecule has 200 valence electrons. The van der Waals surface area contributed by atoms with Crippen LogP contribution in [0.15, 0.2) is 30.3 Å². The number of rotatable bonds is 17. The number of hydrogen-bond donors (Lipinski definition) is 6. The van der Waals surface area contributed by atoms with E-state index in [4.69, 9.17) is 11.5 Å². The van der Waals surface area contributed by atoms with Crippen LogP contribution in [0.2, 0.25) is 0 Å². The monoisotopic (exact) mass is 541 g/mol. The molecule has 8 N–H and O–H groups in total. The number of carboxylic acid groups (broad SMARTS) is 1. The summed E-state index contributed by atoms with van der Waals surface area (Å²) in [5.41, 5.74) is 11.5. The molecule has 0 saturated carbocycles. The van der Waals surface area contributed by atoms with E-state index in [0.29, 0.717) is 11.5 Å². The molecule has 0 aromatic heterocycles. The number of nitrogens with two attached hydrogens (primary N) is 2. The fourth-order valence-electron chi connectivity index (χ4n) is 3.19. The molecule has 0 aliphatic carbocycles. The molecule has 0 aliphatic rings. The number of carbonyl (C=O) groups is 5. The van der Waals surface area contributed by atoms with Gasteiger partial charge in [0.05, 0.1) is 12.5 Å². The molecule has 0 saturated heterocycles. The van der Waals surface area contributed by atoms with Gasteiger partial charge in [-0.05, 0) is 42.4 Å². The Morgan fingerprint density at radius 2 is 1.33 bits per heavy atom. The third kappa shape index (κ3) is 11.8. The van der Waals surface area contributed by atoms with E-state index in [2.05, 4.69) is 16.0 Å². The van der Waals surface area contributed by atoms with Gasteiger partial charge in [-0.3, -0.25) is 19.2 Å². The molecule has 4 atom stereocenters. The lowest BCUT2D eigenvalue weighted by atomic mass is 10.0. The fourth-order valence-corrected chi connectivity index (χ4v) is 4.13. The second-order valence-corrected chi connectivity index (χ2v) is 10.0. The van der Waals surface area contributed by atoms with Gasteiger partial charge in [-0.2, -0.15) is 23.5 Å². The van der Waals surface area contributed by atoms with Crippen molar-refractivity contribution in [3.05, 3.63) is 35.9 Å². The minimum Gasteiger partial charge on any atom is -0.480 e. The second-order valence-electron chi connectivity index (χ2n) is 8.05. The highest BCUT2D eigenvalue weighted by molar-refractivity contribution is 7.98. The summed E-state index contributed by atoms with van der Waals surface area (Å²) in [6.45, 7) is 0. The predicted molar refractivity (Wildman–Crippen MR) is 141 cm³/mol. The van der Waals surface area contributed by atoms with Crippen LogP contribution in [0.3, 0.4) is 0 Å². The van der Waals surface area contributed by atoms with Crippen molar-refractivity contribution in [1.29, 1.82) is 0 Å². The molecular weight excluding hydrogens is 506 g/mol. The Bertz CT molecular complexity index is 889. The number of carboxylic acids is 1. The Morgan fingerprint density at radius 1 is 0.833 bits per heavy atom. The first-order valence-corrected chi connectivity index (χ1v) is 14.1. The summed E-state index contributed by atoms with van der Waals surface area (Å²) in [7, 11) is 0. The van der Waals surface area contributed by atoms with E-state index < -0.39 is 53.8 Å². The summed E-state index contributed by atoms with van der Waals surface area (Å²) in [4.78, 5) is 61.4. The summed E-state index contributed by atoms with van der Waals surface area (Å²) in [6, 6.07) is 4.49. The predicted octanol–water partition coefficient (Wildman–Crippen LogP) is -0.523. The maximum Gasteiger partial charge on any atom is 0.326 e. The summed E-state index contributed by atoms with van der Waals surface area (Å²) in [6.07, 6.45) is 3.86. The first kappa shape index (κ1) is 31.3.